The van der Waals surface area contributed by atoms with Crippen molar-refractivity contribution in [3.8, 4) is 0 Å². The maximum Gasteiger partial charge on any atom is 0.132 e. The van der Waals surface area contributed by atoms with Gasteiger partial charge in [-0.3, -0.25) is 4.21 Å². The Morgan fingerprint density at radius 2 is 2.19 bits per heavy atom. The second-order valence-corrected chi connectivity index (χ2v) is 6.15. The molecule has 2 rings (SSSR count). The van der Waals surface area contributed by atoms with Gasteiger partial charge in [0, 0.05) is 28.3 Å². The van der Waals surface area contributed by atoms with Crippen LogP contribution in [0.1, 0.15) is 18.4 Å². The Morgan fingerprint density at radius 3 is 2.81 bits per heavy atom. The molecule has 0 radical (unpaired) electrons. The highest BCUT2D eigenvalue weighted by Crippen LogP contribution is 2.19. The van der Waals surface area contributed by atoms with E-state index in [2.05, 4.69) is 10.3 Å². The molecule has 1 N–H and O–H groups in total. The molecule has 1 aliphatic heterocycles. The van der Waals surface area contributed by atoms with Crippen molar-refractivity contribution in [3.63, 3.8) is 0 Å². The summed E-state index contributed by atoms with van der Waals surface area (Å²) in [6.07, 6.45) is 3.68. The SMILES string of the molecule is Cc1cc(NC2CCS(=O)CC2)cnc1Cl. The predicted molar refractivity (Wildman–Crippen MR) is 68.5 cm³/mol. The van der Waals surface area contributed by atoms with Crippen molar-refractivity contribution in [2.24, 2.45) is 0 Å². The lowest BCUT2D eigenvalue weighted by atomic mass is 10.1. The Labute approximate surface area is 103 Å². The van der Waals surface area contributed by atoms with Crippen LogP contribution in [0, 0.1) is 6.92 Å². The number of hydrogen-bond donors (Lipinski definition) is 1. The zero-order chi connectivity index (χ0) is 11.5. The normalized spacial score (nSPS) is 25.4. The molecular weight excluding hydrogens is 244 g/mol. The van der Waals surface area contributed by atoms with E-state index in [0.29, 0.717) is 11.2 Å². The maximum absolute atomic E-state index is 11.2. The second-order valence-electron chi connectivity index (χ2n) is 4.10. The Morgan fingerprint density at radius 1 is 1.50 bits per heavy atom. The number of halogens is 1. The summed E-state index contributed by atoms with van der Waals surface area (Å²) < 4.78 is 11.2. The fourth-order valence-corrected chi connectivity index (χ4v) is 3.21. The second kappa shape index (κ2) is 5.15. The first-order valence-corrected chi connectivity index (χ1v) is 7.25. The first-order chi connectivity index (χ1) is 7.65. The van der Waals surface area contributed by atoms with Crippen LogP contribution in [-0.4, -0.2) is 26.7 Å². The average Bonchev–Trinajstić information content (AvgIpc) is 2.27. The van der Waals surface area contributed by atoms with Crippen molar-refractivity contribution in [2.45, 2.75) is 25.8 Å². The first-order valence-electron chi connectivity index (χ1n) is 5.39. The van der Waals surface area contributed by atoms with Crippen molar-refractivity contribution in [3.05, 3.63) is 23.0 Å². The van der Waals surface area contributed by atoms with E-state index >= 15 is 0 Å². The number of nitrogens with one attached hydrogen (secondary N) is 1. The minimum absolute atomic E-state index is 0.417. The number of aromatic nitrogens is 1. The molecule has 1 fully saturated rings. The zero-order valence-electron chi connectivity index (χ0n) is 9.20. The summed E-state index contributed by atoms with van der Waals surface area (Å²) in [6, 6.07) is 2.42. The van der Waals surface area contributed by atoms with Gasteiger partial charge in [-0.15, -0.1) is 0 Å². The van der Waals surface area contributed by atoms with Gasteiger partial charge in [0.05, 0.1) is 11.9 Å². The molecule has 1 saturated heterocycles. The van der Waals surface area contributed by atoms with E-state index in [1.54, 1.807) is 6.20 Å². The largest absolute Gasteiger partial charge is 0.381 e. The van der Waals surface area contributed by atoms with Crippen molar-refractivity contribution in [1.82, 2.24) is 4.98 Å². The molecule has 1 aromatic rings. The van der Waals surface area contributed by atoms with Crippen molar-refractivity contribution < 1.29 is 4.21 Å². The number of rotatable bonds is 2. The topological polar surface area (TPSA) is 42.0 Å². The third kappa shape index (κ3) is 2.95. The summed E-state index contributed by atoms with van der Waals surface area (Å²) in [5.74, 6) is 1.61. The van der Waals surface area contributed by atoms with E-state index in [9.17, 15) is 4.21 Å². The Balaban J connectivity index is 1.98. The van der Waals surface area contributed by atoms with Gasteiger partial charge in [-0.25, -0.2) is 4.98 Å². The van der Waals surface area contributed by atoms with E-state index in [-0.39, 0.29) is 0 Å². The summed E-state index contributed by atoms with van der Waals surface area (Å²) in [4.78, 5) is 4.10. The van der Waals surface area contributed by atoms with E-state index in [0.717, 1.165) is 35.6 Å². The van der Waals surface area contributed by atoms with Crippen LogP contribution < -0.4 is 5.32 Å². The van der Waals surface area contributed by atoms with E-state index in [4.69, 9.17) is 11.6 Å². The van der Waals surface area contributed by atoms with E-state index in [1.807, 2.05) is 13.0 Å². The fraction of sp³-hybridized carbons (Fsp3) is 0.545. The van der Waals surface area contributed by atoms with Crippen LogP contribution in [0.5, 0.6) is 0 Å². The molecule has 0 aliphatic carbocycles. The minimum Gasteiger partial charge on any atom is -0.381 e. The lowest BCUT2D eigenvalue weighted by Gasteiger charge is -2.23. The molecule has 16 heavy (non-hydrogen) atoms. The van der Waals surface area contributed by atoms with Gasteiger partial charge in [0.1, 0.15) is 5.15 Å². The molecule has 5 heteroatoms. The number of nitrogens with zero attached hydrogens (tertiary/aromatic N) is 1. The number of pyridine rings is 1. The van der Waals surface area contributed by atoms with Gasteiger partial charge in [0.15, 0.2) is 0 Å². The number of hydrogen-bond acceptors (Lipinski definition) is 3. The number of aryl methyl sites for hydroxylation is 1. The maximum atomic E-state index is 11.2. The Bertz CT molecular complexity index is 401. The van der Waals surface area contributed by atoms with Gasteiger partial charge in [-0.2, -0.15) is 0 Å². The molecule has 0 aromatic carbocycles. The van der Waals surface area contributed by atoms with Crippen LogP contribution in [-0.2, 0) is 10.8 Å². The molecule has 0 saturated carbocycles. The Hall–Kier alpha value is -0.610. The zero-order valence-corrected chi connectivity index (χ0v) is 10.8. The summed E-state index contributed by atoms with van der Waals surface area (Å²) in [6.45, 7) is 1.94. The van der Waals surface area contributed by atoms with Crippen molar-refractivity contribution in [1.29, 1.82) is 0 Å². The molecule has 0 spiro atoms. The van der Waals surface area contributed by atoms with Crippen LogP contribution in [0.15, 0.2) is 12.3 Å². The smallest absolute Gasteiger partial charge is 0.132 e. The van der Waals surface area contributed by atoms with Crippen LogP contribution in [0.25, 0.3) is 0 Å². The highest BCUT2D eigenvalue weighted by atomic mass is 35.5. The van der Waals surface area contributed by atoms with Gasteiger partial charge in [-0.05, 0) is 31.4 Å². The van der Waals surface area contributed by atoms with E-state index in [1.165, 1.54) is 0 Å². The molecule has 88 valence electrons. The molecule has 0 amide bonds. The van der Waals surface area contributed by atoms with Crippen LogP contribution in [0.3, 0.4) is 0 Å². The lowest BCUT2D eigenvalue weighted by Crippen LogP contribution is -2.29. The van der Waals surface area contributed by atoms with Gasteiger partial charge in [0.2, 0.25) is 0 Å². The third-order valence-electron chi connectivity index (χ3n) is 2.77. The molecular formula is C11H15ClN2OS. The summed E-state index contributed by atoms with van der Waals surface area (Å²) in [5.41, 5.74) is 1.98. The molecule has 0 unspecified atom stereocenters. The van der Waals surface area contributed by atoms with Gasteiger partial charge >= 0.3 is 0 Å². The summed E-state index contributed by atoms with van der Waals surface area (Å²) in [7, 11) is -0.604. The number of anilines is 1. The van der Waals surface area contributed by atoms with Crippen LogP contribution in [0.2, 0.25) is 5.15 Å². The van der Waals surface area contributed by atoms with Crippen LogP contribution in [0.4, 0.5) is 5.69 Å². The minimum atomic E-state index is -0.604. The van der Waals surface area contributed by atoms with E-state index < -0.39 is 10.8 Å². The van der Waals surface area contributed by atoms with Crippen molar-refractivity contribution >= 4 is 28.1 Å². The monoisotopic (exact) mass is 258 g/mol. The molecule has 2 heterocycles. The Kier molecular flexibility index (Phi) is 3.82. The molecule has 1 aromatic heterocycles. The van der Waals surface area contributed by atoms with Gasteiger partial charge < -0.3 is 5.32 Å². The lowest BCUT2D eigenvalue weighted by molar-refractivity contribution is 0.624. The molecule has 1 aliphatic rings. The van der Waals surface area contributed by atoms with Crippen molar-refractivity contribution in [2.75, 3.05) is 16.8 Å². The quantitative estimate of drug-likeness (QED) is 0.828. The fourth-order valence-electron chi connectivity index (χ4n) is 1.81. The average molecular weight is 259 g/mol. The summed E-state index contributed by atoms with van der Waals surface area (Å²) >= 11 is 5.86. The highest BCUT2D eigenvalue weighted by molar-refractivity contribution is 7.85. The molecule has 0 bridgehead atoms. The standard InChI is InChI=1S/C11H15ClN2OS/c1-8-6-10(7-13-11(8)12)14-9-2-4-16(15)5-3-9/h6-7,9,14H,2-5H2,1H3. The highest BCUT2D eigenvalue weighted by Gasteiger charge is 2.17. The molecule has 0 atom stereocenters. The summed E-state index contributed by atoms with van der Waals surface area (Å²) in [5, 5.41) is 3.97. The van der Waals surface area contributed by atoms with Gasteiger partial charge in [-0.1, -0.05) is 11.6 Å². The first kappa shape index (κ1) is 11.9. The molecule has 3 nitrogen and oxygen atoms in total. The third-order valence-corrected chi connectivity index (χ3v) is 4.55. The van der Waals surface area contributed by atoms with Gasteiger partial charge in [0.25, 0.3) is 0 Å². The van der Waals surface area contributed by atoms with Crippen LogP contribution >= 0.6 is 11.6 Å². The predicted octanol–water partition coefficient (Wildman–Crippen LogP) is 2.37.